The van der Waals surface area contributed by atoms with Gasteiger partial charge in [-0.25, -0.2) is 0 Å². The molecule has 1 heterocycles. The van der Waals surface area contributed by atoms with Crippen LogP contribution in [-0.2, 0) is 4.74 Å². The highest BCUT2D eigenvalue weighted by Gasteiger charge is 2.36. The molecule has 1 saturated heterocycles. The normalized spacial score (nSPS) is 26.3. The zero-order chi connectivity index (χ0) is 9.52. The van der Waals surface area contributed by atoms with Crippen LogP contribution in [0.2, 0.25) is 0 Å². The Kier molecular flexibility index (Phi) is 5.45. The molecule has 0 aliphatic carbocycles. The molecule has 1 rings (SSSR count). The van der Waals surface area contributed by atoms with Gasteiger partial charge in [0.25, 0.3) is 0 Å². The van der Waals surface area contributed by atoms with Gasteiger partial charge in [-0.05, 0) is 12.8 Å². The van der Waals surface area contributed by atoms with Crippen LogP contribution in [0.4, 0.5) is 0 Å². The average molecular weight is 184 g/mol. The van der Waals surface area contributed by atoms with Crippen molar-refractivity contribution in [2.24, 2.45) is 0 Å². The second-order valence-electron chi connectivity index (χ2n) is 4.20. The Bertz CT molecular complexity index is 108. The Balaban J connectivity index is 1.85. The van der Waals surface area contributed by atoms with Crippen LogP contribution in [-0.4, -0.2) is 12.2 Å². The lowest BCUT2D eigenvalue weighted by Gasteiger charge is -1.95. The minimum absolute atomic E-state index is 0.642. The van der Waals surface area contributed by atoms with Gasteiger partial charge in [-0.2, -0.15) is 0 Å². The van der Waals surface area contributed by atoms with Crippen molar-refractivity contribution in [3.63, 3.8) is 0 Å². The van der Waals surface area contributed by atoms with Gasteiger partial charge < -0.3 is 4.74 Å². The maximum atomic E-state index is 5.61. The maximum Gasteiger partial charge on any atom is 0.0841 e. The number of epoxide rings is 1. The molecule has 0 radical (unpaired) electrons. The second kappa shape index (κ2) is 6.42. The number of unbranched alkanes of at least 4 members (excludes halogenated alkanes) is 4. The lowest BCUT2D eigenvalue weighted by molar-refractivity contribution is 0.349. The van der Waals surface area contributed by atoms with Crippen molar-refractivity contribution in [2.45, 2.75) is 77.4 Å². The van der Waals surface area contributed by atoms with Crippen molar-refractivity contribution in [1.82, 2.24) is 0 Å². The van der Waals surface area contributed by atoms with Gasteiger partial charge in [0.2, 0.25) is 0 Å². The highest BCUT2D eigenvalue weighted by molar-refractivity contribution is 4.84. The van der Waals surface area contributed by atoms with Gasteiger partial charge in [0, 0.05) is 0 Å². The Morgan fingerprint density at radius 3 is 1.62 bits per heavy atom. The fraction of sp³-hybridized carbons (Fsp3) is 1.00. The second-order valence-corrected chi connectivity index (χ2v) is 4.20. The first-order chi connectivity index (χ1) is 6.38. The fourth-order valence-electron chi connectivity index (χ4n) is 1.88. The molecule has 1 aliphatic rings. The van der Waals surface area contributed by atoms with Gasteiger partial charge in [0.05, 0.1) is 12.2 Å². The maximum absolute atomic E-state index is 5.61. The van der Waals surface area contributed by atoms with E-state index in [4.69, 9.17) is 4.74 Å². The molecule has 0 aromatic rings. The summed E-state index contributed by atoms with van der Waals surface area (Å²) in [5.74, 6) is 0. The summed E-state index contributed by atoms with van der Waals surface area (Å²) < 4.78 is 5.61. The molecule has 78 valence electrons. The predicted molar refractivity (Wildman–Crippen MR) is 56.9 cm³/mol. The molecule has 0 bridgehead atoms. The van der Waals surface area contributed by atoms with Crippen molar-refractivity contribution < 1.29 is 4.74 Å². The molecular formula is C12H24O. The molecule has 0 spiro atoms. The topological polar surface area (TPSA) is 12.5 Å². The highest BCUT2D eigenvalue weighted by Crippen LogP contribution is 2.31. The van der Waals surface area contributed by atoms with Gasteiger partial charge in [-0.3, -0.25) is 0 Å². The van der Waals surface area contributed by atoms with E-state index in [-0.39, 0.29) is 0 Å². The summed E-state index contributed by atoms with van der Waals surface area (Å²) in [7, 11) is 0. The summed E-state index contributed by atoms with van der Waals surface area (Å²) in [6.07, 6.45) is 12.0. The van der Waals surface area contributed by atoms with Crippen molar-refractivity contribution in [3.05, 3.63) is 0 Å². The van der Waals surface area contributed by atoms with E-state index in [1.165, 1.54) is 51.4 Å². The largest absolute Gasteiger partial charge is 0.370 e. The first-order valence-electron chi connectivity index (χ1n) is 6.04. The van der Waals surface area contributed by atoms with Crippen LogP contribution < -0.4 is 0 Å². The SMILES string of the molecule is CCCCCC1OC1CCCCC. The minimum atomic E-state index is 0.642. The Morgan fingerprint density at radius 2 is 1.23 bits per heavy atom. The van der Waals surface area contributed by atoms with E-state index in [0.717, 1.165) is 0 Å². The van der Waals surface area contributed by atoms with Crippen LogP contribution in [0.25, 0.3) is 0 Å². The van der Waals surface area contributed by atoms with Crippen LogP contribution in [0.15, 0.2) is 0 Å². The van der Waals surface area contributed by atoms with Gasteiger partial charge in [-0.15, -0.1) is 0 Å². The molecule has 1 nitrogen and oxygen atoms in total. The number of ether oxygens (including phenoxy) is 1. The molecular weight excluding hydrogens is 160 g/mol. The van der Waals surface area contributed by atoms with E-state index in [1.807, 2.05) is 0 Å². The molecule has 2 atom stereocenters. The molecule has 0 aromatic carbocycles. The van der Waals surface area contributed by atoms with Gasteiger partial charge in [0.1, 0.15) is 0 Å². The lowest BCUT2D eigenvalue weighted by atomic mass is 10.1. The lowest BCUT2D eigenvalue weighted by Crippen LogP contribution is -1.94. The predicted octanol–water partition coefficient (Wildman–Crippen LogP) is 3.91. The standard InChI is InChI=1S/C12H24O/c1-3-5-7-9-11-12(13-11)10-8-6-4-2/h11-12H,3-10H2,1-2H3. The van der Waals surface area contributed by atoms with Crippen LogP contribution in [0.1, 0.15) is 65.2 Å². The summed E-state index contributed by atoms with van der Waals surface area (Å²) in [5.41, 5.74) is 0. The molecule has 1 aliphatic heterocycles. The fourth-order valence-corrected chi connectivity index (χ4v) is 1.88. The number of hydrogen-bond donors (Lipinski definition) is 0. The summed E-state index contributed by atoms with van der Waals surface area (Å²) in [6, 6.07) is 0. The smallest absolute Gasteiger partial charge is 0.0841 e. The van der Waals surface area contributed by atoms with E-state index in [0.29, 0.717) is 12.2 Å². The quantitative estimate of drug-likeness (QED) is 0.411. The summed E-state index contributed by atoms with van der Waals surface area (Å²) in [4.78, 5) is 0. The molecule has 0 saturated carbocycles. The van der Waals surface area contributed by atoms with Crippen molar-refractivity contribution >= 4 is 0 Å². The summed E-state index contributed by atoms with van der Waals surface area (Å²) in [5, 5.41) is 0. The van der Waals surface area contributed by atoms with Crippen LogP contribution in [0.3, 0.4) is 0 Å². The molecule has 1 heteroatoms. The van der Waals surface area contributed by atoms with E-state index in [9.17, 15) is 0 Å². The van der Waals surface area contributed by atoms with Crippen molar-refractivity contribution in [1.29, 1.82) is 0 Å². The third-order valence-electron chi connectivity index (χ3n) is 2.87. The van der Waals surface area contributed by atoms with Crippen LogP contribution in [0, 0.1) is 0 Å². The molecule has 13 heavy (non-hydrogen) atoms. The summed E-state index contributed by atoms with van der Waals surface area (Å²) >= 11 is 0. The van der Waals surface area contributed by atoms with E-state index in [2.05, 4.69) is 13.8 Å². The number of hydrogen-bond acceptors (Lipinski definition) is 1. The minimum Gasteiger partial charge on any atom is -0.370 e. The van der Waals surface area contributed by atoms with Gasteiger partial charge in [-0.1, -0.05) is 52.4 Å². The third kappa shape index (κ3) is 4.66. The highest BCUT2D eigenvalue weighted by atomic mass is 16.6. The molecule has 0 amide bonds. The summed E-state index contributed by atoms with van der Waals surface area (Å²) in [6.45, 7) is 4.51. The van der Waals surface area contributed by atoms with Crippen molar-refractivity contribution in [3.8, 4) is 0 Å². The third-order valence-corrected chi connectivity index (χ3v) is 2.87. The molecule has 0 aromatic heterocycles. The zero-order valence-corrected chi connectivity index (χ0v) is 9.22. The number of rotatable bonds is 8. The van der Waals surface area contributed by atoms with Crippen LogP contribution >= 0.6 is 0 Å². The molecule has 2 unspecified atom stereocenters. The molecule has 0 N–H and O–H groups in total. The Morgan fingerprint density at radius 1 is 0.769 bits per heavy atom. The monoisotopic (exact) mass is 184 g/mol. The Labute approximate surface area is 82.9 Å². The van der Waals surface area contributed by atoms with Gasteiger partial charge in [0.15, 0.2) is 0 Å². The first kappa shape index (κ1) is 11.0. The van der Waals surface area contributed by atoms with E-state index >= 15 is 0 Å². The van der Waals surface area contributed by atoms with Crippen molar-refractivity contribution in [2.75, 3.05) is 0 Å². The zero-order valence-electron chi connectivity index (χ0n) is 9.22. The van der Waals surface area contributed by atoms with Crippen LogP contribution in [0.5, 0.6) is 0 Å². The van der Waals surface area contributed by atoms with E-state index in [1.54, 1.807) is 0 Å². The first-order valence-corrected chi connectivity index (χ1v) is 6.04. The molecule has 1 fully saturated rings. The average Bonchev–Trinajstić information content (AvgIpc) is 2.85. The van der Waals surface area contributed by atoms with Gasteiger partial charge >= 0.3 is 0 Å². The van der Waals surface area contributed by atoms with E-state index < -0.39 is 0 Å². The Hall–Kier alpha value is -0.0400.